The first-order chi connectivity index (χ1) is 8.93. The maximum atomic E-state index is 11.5. The van der Waals surface area contributed by atoms with Gasteiger partial charge in [-0.1, -0.05) is 39.2 Å². The van der Waals surface area contributed by atoms with Gasteiger partial charge in [0, 0.05) is 0 Å². The second-order valence-electron chi connectivity index (χ2n) is 5.91. The molecule has 0 radical (unpaired) electrons. The van der Waals surface area contributed by atoms with E-state index in [2.05, 4.69) is 27.6 Å². The maximum absolute atomic E-state index is 11.5. The van der Waals surface area contributed by atoms with Gasteiger partial charge in [-0.2, -0.15) is 0 Å². The molecule has 0 N–H and O–H groups in total. The van der Waals surface area contributed by atoms with Crippen LogP contribution in [0.5, 0.6) is 0 Å². The molecule has 0 rings (SSSR count). The number of carbonyl (C=O) groups is 1. The molecule has 0 unspecified atom stereocenters. The molecular weight excluding hydrogens is 238 g/mol. The van der Waals surface area contributed by atoms with E-state index in [9.17, 15) is 4.79 Å². The fourth-order valence-corrected chi connectivity index (χ4v) is 2.21. The van der Waals surface area contributed by atoms with Gasteiger partial charge < -0.3 is 9.22 Å². The van der Waals surface area contributed by atoms with E-state index in [0.717, 1.165) is 11.0 Å². The largest absolute Gasteiger partial charge is 0.462 e. The minimum atomic E-state index is -0.253. The lowest BCUT2D eigenvalue weighted by Gasteiger charge is -2.30. The molecule has 0 fully saturated rings. The summed E-state index contributed by atoms with van der Waals surface area (Å²) in [7, 11) is 4.30. The maximum Gasteiger partial charge on any atom is 0.339 e. The lowest BCUT2D eigenvalue weighted by Crippen LogP contribution is -2.43. The Kier molecular flexibility index (Phi) is 9.58. The van der Waals surface area contributed by atoms with Gasteiger partial charge in [0.25, 0.3) is 0 Å². The average Bonchev–Trinajstić information content (AvgIpc) is 2.33. The number of unbranched alkanes of at least 4 members (excludes halogenated alkanes) is 5. The summed E-state index contributed by atoms with van der Waals surface area (Å²) in [6.07, 6.45) is 7.81. The molecule has 0 saturated carbocycles. The summed E-state index contributed by atoms with van der Waals surface area (Å²) in [4.78, 5) is 11.5. The number of carbonyl (C=O) groups excluding carboxylic acids is 1. The van der Waals surface area contributed by atoms with E-state index in [1.165, 1.54) is 38.5 Å². The van der Waals surface area contributed by atoms with Crippen molar-refractivity contribution in [3.8, 4) is 0 Å². The van der Waals surface area contributed by atoms with E-state index in [1.807, 2.05) is 6.92 Å². The van der Waals surface area contributed by atoms with Gasteiger partial charge in [-0.15, -0.1) is 0 Å². The van der Waals surface area contributed by atoms with Crippen molar-refractivity contribution in [3.63, 3.8) is 0 Å². The van der Waals surface area contributed by atoms with Crippen molar-refractivity contribution in [3.05, 3.63) is 12.2 Å². The van der Waals surface area contributed by atoms with Crippen molar-refractivity contribution in [1.82, 2.24) is 0 Å². The first kappa shape index (κ1) is 18.2. The highest BCUT2D eigenvalue weighted by atomic mass is 16.5. The molecule has 0 saturated heterocycles. The molecular formula is C16H32NO2+. The Balaban J connectivity index is 3.84. The van der Waals surface area contributed by atoms with Crippen molar-refractivity contribution in [2.24, 2.45) is 0 Å². The number of quaternary nitrogens is 1. The van der Waals surface area contributed by atoms with Crippen molar-refractivity contribution in [2.45, 2.75) is 52.4 Å². The van der Waals surface area contributed by atoms with Gasteiger partial charge in [-0.25, -0.2) is 4.79 Å². The van der Waals surface area contributed by atoms with Crippen LogP contribution in [0.4, 0.5) is 0 Å². The van der Waals surface area contributed by atoms with E-state index in [-0.39, 0.29) is 5.97 Å². The Morgan fingerprint density at radius 3 is 2.21 bits per heavy atom. The molecule has 0 aliphatic rings. The second-order valence-corrected chi connectivity index (χ2v) is 5.91. The topological polar surface area (TPSA) is 26.3 Å². The van der Waals surface area contributed by atoms with Gasteiger partial charge in [0.1, 0.15) is 6.54 Å². The molecule has 0 aromatic carbocycles. The van der Waals surface area contributed by atoms with Gasteiger partial charge in [-0.05, 0) is 19.8 Å². The van der Waals surface area contributed by atoms with Crippen molar-refractivity contribution >= 4 is 5.97 Å². The number of likely N-dealkylation sites (N-methyl/N-ethyl adjacent to an activating group) is 1. The Labute approximate surface area is 119 Å². The SMILES string of the molecule is C=C(C[N+](C)(C)CCCCCCCC)C(=O)OCC. The average molecular weight is 270 g/mol. The van der Waals surface area contributed by atoms with Crippen LogP contribution in [-0.2, 0) is 9.53 Å². The predicted molar refractivity (Wildman–Crippen MR) is 81.0 cm³/mol. The Bertz CT molecular complexity index is 272. The predicted octanol–water partition coefficient (Wildman–Crippen LogP) is 3.54. The van der Waals surface area contributed by atoms with E-state index in [0.29, 0.717) is 18.7 Å². The number of esters is 1. The van der Waals surface area contributed by atoms with E-state index in [1.54, 1.807) is 0 Å². The summed E-state index contributed by atoms with van der Waals surface area (Å²) < 4.78 is 5.78. The van der Waals surface area contributed by atoms with Gasteiger partial charge >= 0.3 is 5.97 Å². The number of hydrogen-bond donors (Lipinski definition) is 0. The fraction of sp³-hybridized carbons (Fsp3) is 0.812. The third-order valence-electron chi connectivity index (χ3n) is 3.30. The van der Waals surface area contributed by atoms with Crippen molar-refractivity contribution < 1.29 is 14.0 Å². The molecule has 0 heterocycles. The van der Waals surface area contributed by atoms with Crippen LogP contribution in [0, 0.1) is 0 Å². The molecule has 0 aromatic rings. The summed E-state index contributed by atoms with van der Waals surface area (Å²) in [5.74, 6) is -0.253. The summed E-state index contributed by atoms with van der Waals surface area (Å²) in [6.45, 7) is 10.1. The lowest BCUT2D eigenvalue weighted by atomic mass is 10.1. The summed E-state index contributed by atoms with van der Waals surface area (Å²) in [5.41, 5.74) is 0.581. The third-order valence-corrected chi connectivity index (χ3v) is 3.30. The highest BCUT2D eigenvalue weighted by molar-refractivity contribution is 5.87. The summed E-state index contributed by atoms with van der Waals surface area (Å²) in [6, 6.07) is 0. The monoisotopic (exact) mass is 270 g/mol. The van der Waals surface area contributed by atoms with E-state index < -0.39 is 0 Å². The third kappa shape index (κ3) is 9.71. The second kappa shape index (κ2) is 10.0. The smallest absolute Gasteiger partial charge is 0.339 e. The lowest BCUT2D eigenvalue weighted by molar-refractivity contribution is -0.885. The molecule has 3 nitrogen and oxygen atoms in total. The summed E-state index contributed by atoms with van der Waals surface area (Å²) >= 11 is 0. The van der Waals surface area contributed by atoms with Crippen LogP contribution < -0.4 is 0 Å². The molecule has 0 bridgehead atoms. The number of ether oxygens (including phenoxy) is 1. The summed E-state index contributed by atoms with van der Waals surface area (Å²) in [5, 5.41) is 0. The minimum Gasteiger partial charge on any atom is -0.462 e. The molecule has 112 valence electrons. The molecule has 19 heavy (non-hydrogen) atoms. The normalized spacial score (nSPS) is 11.4. The Hall–Kier alpha value is -0.830. The number of hydrogen-bond acceptors (Lipinski definition) is 2. The zero-order chi connectivity index (χ0) is 14.7. The molecule has 3 heteroatoms. The Morgan fingerprint density at radius 2 is 1.63 bits per heavy atom. The van der Waals surface area contributed by atoms with Crippen LogP contribution in [0.2, 0.25) is 0 Å². The zero-order valence-electron chi connectivity index (χ0n) is 13.3. The van der Waals surface area contributed by atoms with Crippen LogP contribution in [0.1, 0.15) is 52.4 Å². The highest BCUT2D eigenvalue weighted by Gasteiger charge is 2.20. The highest BCUT2D eigenvalue weighted by Crippen LogP contribution is 2.10. The van der Waals surface area contributed by atoms with Crippen LogP contribution in [0.15, 0.2) is 12.2 Å². The Morgan fingerprint density at radius 1 is 1.05 bits per heavy atom. The van der Waals surface area contributed by atoms with E-state index in [4.69, 9.17) is 4.74 Å². The standard InChI is InChI=1S/C16H32NO2/c1-6-8-9-10-11-12-13-17(4,5)14-15(3)16(18)19-7-2/h3,6-14H2,1-2,4-5H3/q+1. The van der Waals surface area contributed by atoms with Gasteiger partial charge in [0.05, 0.1) is 32.8 Å². The quantitative estimate of drug-likeness (QED) is 0.248. The fourth-order valence-electron chi connectivity index (χ4n) is 2.21. The van der Waals surface area contributed by atoms with Gasteiger partial charge in [0.2, 0.25) is 0 Å². The molecule has 0 atom stereocenters. The molecule has 0 aliphatic carbocycles. The van der Waals surface area contributed by atoms with Crippen LogP contribution >= 0.6 is 0 Å². The van der Waals surface area contributed by atoms with Crippen LogP contribution in [-0.4, -0.2) is 44.2 Å². The number of nitrogens with zero attached hydrogens (tertiary/aromatic N) is 1. The molecule has 0 aromatic heterocycles. The van der Waals surface area contributed by atoms with Crippen molar-refractivity contribution in [2.75, 3.05) is 33.8 Å². The van der Waals surface area contributed by atoms with Crippen LogP contribution in [0.25, 0.3) is 0 Å². The first-order valence-corrected chi connectivity index (χ1v) is 7.60. The van der Waals surface area contributed by atoms with Gasteiger partial charge in [-0.3, -0.25) is 0 Å². The zero-order valence-corrected chi connectivity index (χ0v) is 13.3. The van der Waals surface area contributed by atoms with Crippen LogP contribution in [0.3, 0.4) is 0 Å². The molecule has 0 amide bonds. The number of rotatable bonds is 11. The molecule has 0 aliphatic heterocycles. The van der Waals surface area contributed by atoms with Gasteiger partial charge in [0.15, 0.2) is 0 Å². The van der Waals surface area contributed by atoms with E-state index >= 15 is 0 Å². The first-order valence-electron chi connectivity index (χ1n) is 7.60. The minimum absolute atomic E-state index is 0.253. The molecule has 0 spiro atoms. The van der Waals surface area contributed by atoms with Crippen molar-refractivity contribution in [1.29, 1.82) is 0 Å².